The molecule has 3 heteroatoms. The number of ether oxygens (including phenoxy) is 1. The summed E-state index contributed by atoms with van der Waals surface area (Å²) in [5.74, 6) is 0. The number of hydrogen-bond acceptors (Lipinski definition) is 2. The minimum Gasteiger partial charge on any atom is -0.464 e. The first kappa shape index (κ1) is 17.7. The fourth-order valence-corrected chi connectivity index (χ4v) is 2.59. The minimum absolute atomic E-state index is 0.585. The van der Waals surface area contributed by atoms with Crippen molar-refractivity contribution < 1.29 is 4.74 Å². The van der Waals surface area contributed by atoms with E-state index in [1.165, 1.54) is 0 Å². The summed E-state index contributed by atoms with van der Waals surface area (Å²) in [5, 5.41) is 0. The highest BCUT2D eigenvalue weighted by Gasteiger charge is 2.17. The molecule has 0 aliphatic rings. The third kappa shape index (κ3) is 4.73. The third-order valence-corrected chi connectivity index (χ3v) is 3.93. The Bertz CT molecular complexity index is 762. The molecule has 0 saturated carbocycles. The van der Waals surface area contributed by atoms with Gasteiger partial charge in [0.25, 0.3) is 0 Å². The summed E-state index contributed by atoms with van der Waals surface area (Å²) in [6.45, 7) is 2.79. The van der Waals surface area contributed by atoms with Gasteiger partial charge in [-0.1, -0.05) is 67.9 Å². The molecule has 0 saturated heterocycles. The summed E-state index contributed by atoms with van der Waals surface area (Å²) in [6.07, 6.45) is 2.07. The van der Waals surface area contributed by atoms with Crippen LogP contribution in [-0.4, -0.2) is 12.6 Å². The fourth-order valence-electron chi connectivity index (χ4n) is 2.59. The normalized spacial score (nSPS) is 11.2. The van der Waals surface area contributed by atoms with Gasteiger partial charge in [0.05, 0.1) is 23.7 Å². The van der Waals surface area contributed by atoms with Crippen molar-refractivity contribution in [3.05, 3.63) is 91.0 Å². The molecule has 3 rings (SSSR count). The molecule has 0 fully saturated rings. The number of unbranched alkanes of at least 4 members (excludes halogenated alkanes) is 1. The molecule has 0 spiro atoms. The molecule has 26 heavy (non-hydrogen) atoms. The van der Waals surface area contributed by atoms with Gasteiger partial charge in [-0.15, -0.1) is 0 Å². The van der Waals surface area contributed by atoms with E-state index in [-0.39, 0.29) is 0 Å². The van der Waals surface area contributed by atoms with Gasteiger partial charge in [0.1, 0.15) is 0 Å². The van der Waals surface area contributed by atoms with Crippen LogP contribution in [0.1, 0.15) is 19.8 Å². The topological polar surface area (TPSA) is 24.8 Å². The molecule has 0 N–H and O–H groups in total. The van der Waals surface area contributed by atoms with E-state index in [9.17, 15) is 0 Å². The maximum Gasteiger partial charge on any atom is 0.301 e. The predicted molar refractivity (Wildman–Crippen MR) is 109 cm³/mol. The van der Waals surface area contributed by atoms with E-state index < -0.39 is 0 Å². The molecular weight excluding hydrogens is 320 g/mol. The van der Waals surface area contributed by atoms with Crippen LogP contribution in [0.5, 0.6) is 0 Å². The largest absolute Gasteiger partial charge is 0.464 e. The van der Waals surface area contributed by atoms with Crippen molar-refractivity contribution in [1.29, 1.82) is 0 Å². The number of benzene rings is 3. The quantitative estimate of drug-likeness (QED) is 0.296. The molecule has 0 aliphatic carbocycles. The highest BCUT2D eigenvalue weighted by atomic mass is 16.5. The maximum atomic E-state index is 6.13. The van der Waals surface area contributed by atoms with Crippen LogP contribution in [0.25, 0.3) is 0 Å². The Kier molecular flexibility index (Phi) is 6.43. The Balaban J connectivity index is 2.04. The summed E-state index contributed by atoms with van der Waals surface area (Å²) in [6, 6.07) is 30.9. The van der Waals surface area contributed by atoms with Crippen molar-refractivity contribution >= 4 is 23.1 Å². The van der Waals surface area contributed by atoms with Crippen LogP contribution in [0.2, 0.25) is 0 Å². The minimum atomic E-state index is 0.585. The summed E-state index contributed by atoms with van der Waals surface area (Å²) in [4.78, 5) is 6.86. The summed E-state index contributed by atoms with van der Waals surface area (Å²) < 4.78 is 6.13. The molecule has 0 atom stereocenters. The molecule has 0 aromatic heterocycles. The summed E-state index contributed by atoms with van der Waals surface area (Å²) in [7, 11) is 0. The standard InChI is InChI=1S/C23H24N2O/c1-2-3-19-26-23(24-20-13-7-4-8-14-20)25(21-15-9-5-10-16-21)22-17-11-6-12-18-22/h4-18H,2-3,19H2,1H3. The monoisotopic (exact) mass is 344 g/mol. The zero-order chi connectivity index (χ0) is 18.0. The van der Waals surface area contributed by atoms with Gasteiger partial charge in [0.15, 0.2) is 0 Å². The van der Waals surface area contributed by atoms with E-state index in [4.69, 9.17) is 9.73 Å². The van der Waals surface area contributed by atoms with Gasteiger partial charge in [-0.25, -0.2) is 0 Å². The number of rotatable bonds is 6. The van der Waals surface area contributed by atoms with Gasteiger partial charge >= 0.3 is 6.02 Å². The highest BCUT2D eigenvalue weighted by molar-refractivity contribution is 6.00. The first-order valence-electron chi connectivity index (χ1n) is 9.05. The zero-order valence-electron chi connectivity index (χ0n) is 15.1. The smallest absolute Gasteiger partial charge is 0.301 e. The van der Waals surface area contributed by atoms with Crippen LogP contribution in [-0.2, 0) is 4.74 Å². The maximum absolute atomic E-state index is 6.13. The third-order valence-electron chi connectivity index (χ3n) is 3.93. The van der Waals surface area contributed by atoms with E-state index in [0.29, 0.717) is 12.6 Å². The molecular formula is C23H24N2O. The summed E-state index contributed by atoms with van der Waals surface area (Å²) >= 11 is 0. The molecule has 0 heterocycles. The van der Waals surface area contributed by atoms with Crippen molar-refractivity contribution in [3.63, 3.8) is 0 Å². The molecule has 3 nitrogen and oxygen atoms in total. The zero-order valence-corrected chi connectivity index (χ0v) is 15.1. The lowest BCUT2D eigenvalue weighted by molar-refractivity contribution is 0.291. The van der Waals surface area contributed by atoms with Crippen LogP contribution in [0, 0.1) is 0 Å². The number of nitrogens with zero attached hydrogens (tertiary/aromatic N) is 2. The molecule has 3 aromatic rings. The Morgan fingerprint density at radius 2 is 1.27 bits per heavy atom. The Hall–Kier alpha value is -3.07. The van der Waals surface area contributed by atoms with E-state index in [2.05, 4.69) is 36.1 Å². The molecule has 0 aliphatic heterocycles. The van der Waals surface area contributed by atoms with Gasteiger partial charge in [-0.3, -0.25) is 4.90 Å². The van der Waals surface area contributed by atoms with Gasteiger partial charge in [0.2, 0.25) is 0 Å². The predicted octanol–water partition coefficient (Wildman–Crippen LogP) is 6.33. The van der Waals surface area contributed by atoms with Gasteiger partial charge in [-0.2, -0.15) is 4.99 Å². The van der Waals surface area contributed by atoms with E-state index in [1.807, 2.05) is 66.7 Å². The first-order chi connectivity index (χ1) is 12.9. The molecule has 132 valence electrons. The molecule has 3 aromatic carbocycles. The second kappa shape index (κ2) is 9.42. The lowest BCUT2D eigenvalue weighted by atomic mass is 10.2. The van der Waals surface area contributed by atoms with Gasteiger partial charge in [0, 0.05) is 0 Å². The van der Waals surface area contributed by atoms with Crippen molar-refractivity contribution in [1.82, 2.24) is 0 Å². The highest BCUT2D eigenvalue weighted by Crippen LogP contribution is 2.27. The first-order valence-corrected chi connectivity index (χ1v) is 9.05. The lowest BCUT2D eigenvalue weighted by Gasteiger charge is -2.26. The van der Waals surface area contributed by atoms with E-state index >= 15 is 0 Å². The second-order valence-electron chi connectivity index (χ2n) is 5.94. The molecule has 0 radical (unpaired) electrons. The van der Waals surface area contributed by atoms with Crippen LogP contribution in [0.4, 0.5) is 17.1 Å². The average molecular weight is 344 g/mol. The van der Waals surface area contributed by atoms with Crippen LogP contribution < -0.4 is 4.90 Å². The van der Waals surface area contributed by atoms with Gasteiger partial charge < -0.3 is 4.74 Å². The Morgan fingerprint density at radius 1 is 0.769 bits per heavy atom. The van der Waals surface area contributed by atoms with E-state index in [0.717, 1.165) is 29.9 Å². The number of amidine groups is 1. The SMILES string of the molecule is CCCCOC(=Nc1ccccc1)N(c1ccccc1)c1ccccc1. The number of anilines is 2. The van der Waals surface area contributed by atoms with Crippen molar-refractivity contribution in [2.45, 2.75) is 19.8 Å². The number of aliphatic imine (C=N–C) groups is 1. The average Bonchev–Trinajstić information content (AvgIpc) is 2.71. The summed E-state index contributed by atoms with van der Waals surface area (Å²) in [5.41, 5.74) is 2.91. The van der Waals surface area contributed by atoms with Crippen molar-refractivity contribution in [2.75, 3.05) is 11.5 Å². The van der Waals surface area contributed by atoms with Crippen LogP contribution in [0.15, 0.2) is 96.0 Å². The van der Waals surface area contributed by atoms with Crippen molar-refractivity contribution in [2.24, 2.45) is 4.99 Å². The second-order valence-corrected chi connectivity index (χ2v) is 5.94. The number of hydrogen-bond donors (Lipinski definition) is 0. The van der Waals surface area contributed by atoms with Crippen molar-refractivity contribution in [3.8, 4) is 0 Å². The van der Waals surface area contributed by atoms with Crippen LogP contribution >= 0.6 is 0 Å². The Labute approximate surface area is 155 Å². The fraction of sp³-hybridized carbons (Fsp3) is 0.174. The molecule has 0 unspecified atom stereocenters. The molecule has 0 amide bonds. The lowest BCUT2D eigenvalue weighted by Crippen LogP contribution is -2.28. The molecule has 0 bridgehead atoms. The van der Waals surface area contributed by atoms with E-state index in [1.54, 1.807) is 0 Å². The number of para-hydroxylation sites is 3. The Morgan fingerprint density at radius 3 is 1.77 bits per heavy atom. The van der Waals surface area contributed by atoms with Gasteiger partial charge in [-0.05, 0) is 42.8 Å². The van der Waals surface area contributed by atoms with Crippen LogP contribution in [0.3, 0.4) is 0 Å².